The number of carbonyl (C=O) groups is 1. The lowest BCUT2D eigenvalue weighted by molar-refractivity contribution is 0.102. The third kappa shape index (κ3) is 3.20. The molecule has 148 valence electrons. The van der Waals surface area contributed by atoms with E-state index in [1.165, 1.54) is 12.5 Å². The zero-order chi connectivity index (χ0) is 20.8. The smallest absolute Gasteiger partial charge is 0.294 e. The van der Waals surface area contributed by atoms with Crippen molar-refractivity contribution in [2.24, 2.45) is 0 Å². The number of carbonyl (C=O) groups excluding carboxylic acids is 1. The van der Waals surface area contributed by atoms with Crippen LogP contribution in [0.5, 0.6) is 0 Å². The van der Waals surface area contributed by atoms with Crippen molar-refractivity contribution in [1.29, 1.82) is 0 Å². The van der Waals surface area contributed by atoms with E-state index in [4.69, 9.17) is 20.4 Å². The van der Waals surface area contributed by atoms with Crippen LogP contribution in [0.3, 0.4) is 0 Å². The third-order valence-electron chi connectivity index (χ3n) is 4.55. The second-order valence-electron chi connectivity index (χ2n) is 6.50. The highest BCUT2D eigenvalue weighted by Gasteiger charge is 2.17. The van der Waals surface area contributed by atoms with E-state index in [1.54, 1.807) is 30.3 Å². The maximum absolute atomic E-state index is 12.6. The minimum absolute atomic E-state index is 0.132. The molecule has 0 aliphatic carbocycles. The van der Waals surface area contributed by atoms with Gasteiger partial charge >= 0.3 is 0 Å². The fraction of sp³-hybridized carbons (Fsp3) is 0. The first-order valence-electron chi connectivity index (χ1n) is 8.75. The molecule has 30 heavy (non-hydrogen) atoms. The Balaban J connectivity index is 1.62. The van der Waals surface area contributed by atoms with E-state index in [1.807, 2.05) is 12.1 Å². The van der Waals surface area contributed by atoms with Crippen LogP contribution >= 0.6 is 27.5 Å². The number of anilines is 1. The predicted octanol–water partition coefficient (Wildman–Crippen LogP) is 5.60. The van der Waals surface area contributed by atoms with Crippen LogP contribution in [-0.2, 0) is 0 Å². The molecule has 2 aromatic carbocycles. The predicted molar refractivity (Wildman–Crippen MR) is 117 cm³/mol. The first-order valence-corrected chi connectivity index (χ1v) is 9.92. The van der Waals surface area contributed by atoms with Gasteiger partial charge in [0.2, 0.25) is 5.58 Å². The second-order valence-corrected chi connectivity index (χ2v) is 7.82. The number of halogens is 2. The summed E-state index contributed by atoms with van der Waals surface area (Å²) in [5.74, 6) is -0.0702. The first-order chi connectivity index (χ1) is 14.5. The van der Waals surface area contributed by atoms with Crippen LogP contribution in [-0.4, -0.2) is 15.9 Å². The Labute approximate surface area is 181 Å². The number of nitrogens with one attached hydrogen (secondary N) is 2. The molecule has 3 heterocycles. The van der Waals surface area contributed by atoms with Gasteiger partial charge in [0.1, 0.15) is 23.2 Å². The third-order valence-corrected chi connectivity index (χ3v) is 5.37. The number of aromatic amines is 1. The summed E-state index contributed by atoms with van der Waals surface area (Å²) in [7, 11) is 0. The van der Waals surface area contributed by atoms with Crippen molar-refractivity contribution >= 4 is 61.2 Å². The maximum Gasteiger partial charge on any atom is 0.294 e. The lowest BCUT2D eigenvalue weighted by atomic mass is 10.1. The molecule has 0 unspecified atom stereocenters. The fourth-order valence-electron chi connectivity index (χ4n) is 3.13. The molecule has 1 amide bonds. The molecular weight excluding hydrogens is 474 g/mol. The Bertz CT molecular complexity index is 1490. The summed E-state index contributed by atoms with van der Waals surface area (Å²) < 4.78 is 11.4. The number of nitrogens with zero attached hydrogens (tertiary/aromatic N) is 1. The maximum atomic E-state index is 12.6. The molecule has 9 heteroatoms. The summed E-state index contributed by atoms with van der Waals surface area (Å²) in [6, 6.07) is 11.9. The number of benzene rings is 2. The lowest BCUT2D eigenvalue weighted by Gasteiger charge is -2.08. The van der Waals surface area contributed by atoms with Gasteiger partial charge in [0, 0.05) is 21.1 Å². The van der Waals surface area contributed by atoms with E-state index in [-0.39, 0.29) is 17.3 Å². The highest BCUT2D eigenvalue weighted by atomic mass is 79.9. The standard InChI is InChI=1S/C21H11BrClN3O4/c22-11-1-4-16-14(7-11)17-18(30-16)21(28)26-19(25-17)13-8-12(2-3-15(13)23)24-20(27)10-5-6-29-9-10/h1-9H,(H,24,27)(H,25,26,28). The van der Waals surface area contributed by atoms with Crippen LogP contribution in [0.25, 0.3) is 33.5 Å². The zero-order valence-corrected chi connectivity index (χ0v) is 17.4. The van der Waals surface area contributed by atoms with E-state index in [0.29, 0.717) is 38.3 Å². The number of rotatable bonds is 3. The molecule has 0 aliphatic heterocycles. The van der Waals surface area contributed by atoms with Crippen LogP contribution in [0, 0.1) is 0 Å². The van der Waals surface area contributed by atoms with Crippen molar-refractivity contribution in [3.05, 3.63) is 80.4 Å². The molecule has 2 N–H and O–H groups in total. The Morgan fingerprint density at radius 1 is 1.17 bits per heavy atom. The van der Waals surface area contributed by atoms with Crippen molar-refractivity contribution in [2.45, 2.75) is 0 Å². The second kappa shape index (κ2) is 7.16. The largest absolute Gasteiger partial charge is 0.472 e. The van der Waals surface area contributed by atoms with Crippen LogP contribution in [0.4, 0.5) is 5.69 Å². The number of aromatic nitrogens is 2. The molecule has 0 bridgehead atoms. The van der Waals surface area contributed by atoms with Crippen LogP contribution in [0.15, 0.2) is 73.1 Å². The summed E-state index contributed by atoms with van der Waals surface area (Å²) in [6.07, 6.45) is 2.76. The van der Waals surface area contributed by atoms with Gasteiger partial charge < -0.3 is 19.1 Å². The molecule has 0 saturated heterocycles. The van der Waals surface area contributed by atoms with Gasteiger partial charge in [-0.05, 0) is 42.5 Å². The average molecular weight is 485 g/mol. The number of amides is 1. The lowest BCUT2D eigenvalue weighted by Crippen LogP contribution is -2.11. The number of furan rings is 2. The number of H-pyrrole nitrogens is 1. The molecule has 0 spiro atoms. The van der Waals surface area contributed by atoms with Gasteiger partial charge in [-0.3, -0.25) is 9.59 Å². The molecule has 3 aromatic heterocycles. The summed E-state index contributed by atoms with van der Waals surface area (Å²) >= 11 is 9.79. The summed E-state index contributed by atoms with van der Waals surface area (Å²) in [5.41, 5.74) is 2.02. The molecule has 7 nitrogen and oxygen atoms in total. The molecule has 5 aromatic rings. The van der Waals surface area contributed by atoms with Gasteiger partial charge in [-0.2, -0.15) is 0 Å². The van der Waals surface area contributed by atoms with Gasteiger partial charge in [-0.25, -0.2) is 4.98 Å². The van der Waals surface area contributed by atoms with Gasteiger partial charge in [0.15, 0.2) is 0 Å². The van der Waals surface area contributed by atoms with E-state index in [0.717, 1.165) is 4.47 Å². The quantitative estimate of drug-likeness (QED) is 0.347. The van der Waals surface area contributed by atoms with E-state index >= 15 is 0 Å². The Hall–Kier alpha value is -3.36. The van der Waals surface area contributed by atoms with Crippen molar-refractivity contribution in [2.75, 3.05) is 5.32 Å². The Kier molecular flexibility index (Phi) is 4.45. The molecule has 0 saturated carbocycles. The minimum Gasteiger partial charge on any atom is -0.472 e. The van der Waals surface area contributed by atoms with Crippen molar-refractivity contribution in [3.8, 4) is 11.4 Å². The van der Waals surface area contributed by atoms with Crippen molar-refractivity contribution in [1.82, 2.24) is 9.97 Å². The van der Waals surface area contributed by atoms with E-state index in [2.05, 4.69) is 31.2 Å². The molecule has 0 radical (unpaired) electrons. The first kappa shape index (κ1) is 18.7. The summed E-state index contributed by atoms with van der Waals surface area (Å²) in [6.45, 7) is 0. The van der Waals surface area contributed by atoms with Gasteiger partial charge in [-0.15, -0.1) is 0 Å². The topological polar surface area (TPSA) is 101 Å². The van der Waals surface area contributed by atoms with Gasteiger partial charge in [0.05, 0.1) is 16.8 Å². The average Bonchev–Trinajstić information content (AvgIpc) is 3.38. The molecule has 0 fully saturated rings. The molecule has 5 rings (SSSR count). The highest BCUT2D eigenvalue weighted by molar-refractivity contribution is 9.10. The van der Waals surface area contributed by atoms with E-state index in [9.17, 15) is 9.59 Å². The highest BCUT2D eigenvalue weighted by Crippen LogP contribution is 2.32. The summed E-state index contributed by atoms with van der Waals surface area (Å²) in [5, 5.41) is 3.83. The van der Waals surface area contributed by atoms with Crippen molar-refractivity contribution in [3.63, 3.8) is 0 Å². The monoisotopic (exact) mass is 483 g/mol. The number of hydrogen-bond donors (Lipinski definition) is 2. The van der Waals surface area contributed by atoms with Crippen molar-refractivity contribution < 1.29 is 13.6 Å². The van der Waals surface area contributed by atoms with Crippen LogP contribution in [0.2, 0.25) is 5.02 Å². The van der Waals surface area contributed by atoms with Crippen LogP contribution < -0.4 is 10.9 Å². The Morgan fingerprint density at radius 2 is 2.03 bits per heavy atom. The molecule has 0 atom stereocenters. The Morgan fingerprint density at radius 3 is 2.83 bits per heavy atom. The number of fused-ring (bicyclic) bond motifs is 3. The van der Waals surface area contributed by atoms with Crippen LogP contribution in [0.1, 0.15) is 10.4 Å². The number of hydrogen-bond acceptors (Lipinski definition) is 5. The van der Waals surface area contributed by atoms with Gasteiger partial charge in [0.25, 0.3) is 11.5 Å². The SMILES string of the molecule is O=C(Nc1ccc(Cl)c(-c2nc3c(oc4ccc(Br)cc43)c(=O)[nH]2)c1)c1ccoc1. The van der Waals surface area contributed by atoms with E-state index < -0.39 is 5.56 Å². The summed E-state index contributed by atoms with van der Waals surface area (Å²) in [4.78, 5) is 32.2. The van der Waals surface area contributed by atoms with Gasteiger partial charge in [-0.1, -0.05) is 27.5 Å². The molecule has 0 aliphatic rings. The molecular formula is C21H11BrClN3O4. The zero-order valence-electron chi connectivity index (χ0n) is 15.0. The minimum atomic E-state index is -0.425. The normalized spacial score (nSPS) is 11.3. The fourth-order valence-corrected chi connectivity index (χ4v) is 3.70.